The summed E-state index contributed by atoms with van der Waals surface area (Å²) in [5.41, 5.74) is -0.902. The minimum atomic E-state index is -0.993. The van der Waals surface area contributed by atoms with Crippen LogP contribution in [-0.2, 0) is 6.54 Å². The molecular formula is C20H20N2O5. The molecule has 140 valence electrons. The molecule has 1 N–H and O–H groups in total. The third-order valence-corrected chi connectivity index (χ3v) is 4.10. The Kier molecular flexibility index (Phi) is 6.03. The predicted molar refractivity (Wildman–Crippen MR) is 99.4 cm³/mol. The summed E-state index contributed by atoms with van der Waals surface area (Å²) in [4.78, 5) is 25.3. The molecule has 7 nitrogen and oxygen atoms in total. The second-order valence-electron chi connectivity index (χ2n) is 5.79. The molecule has 1 unspecified atom stereocenters. The van der Waals surface area contributed by atoms with Gasteiger partial charge in [-0.15, -0.1) is 6.58 Å². The molecule has 1 aromatic carbocycles. The molecular weight excluding hydrogens is 348 g/mol. The molecule has 0 aliphatic heterocycles. The number of para-hydroxylation sites is 2. The number of nitriles is 1. The van der Waals surface area contributed by atoms with Gasteiger partial charge in [0.15, 0.2) is 17.6 Å². The van der Waals surface area contributed by atoms with Gasteiger partial charge in [0.2, 0.25) is 11.7 Å². The molecule has 0 fully saturated rings. The number of Topliss-reactive ketones (excluding diaryl/α,β-unsaturated/α-hetero) is 1. The third kappa shape index (κ3) is 3.70. The maximum atomic E-state index is 12.9. The fourth-order valence-corrected chi connectivity index (χ4v) is 2.71. The van der Waals surface area contributed by atoms with Crippen LogP contribution in [0.5, 0.6) is 17.4 Å². The van der Waals surface area contributed by atoms with Gasteiger partial charge in [0.1, 0.15) is 11.6 Å². The number of aromatic hydroxyl groups is 1. The summed E-state index contributed by atoms with van der Waals surface area (Å²) in [7, 11) is 1.48. The van der Waals surface area contributed by atoms with Crippen molar-refractivity contribution in [1.29, 1.82) is 5.26 Å². The lowest BCUT2D eigenvalue weighted by molar-refractivity contribution is 0.0808. The van der Waals surface area contributed by atoms with Gasteiger partial charge in [-0.1, -0.05) is 18.2 Å². The highest BCUT2D eigenvalue weighted by Crippen LogP contribution is 2.29. The van der Waals surface area contributed by atoms with Gasteiger partial charge in [-0.2, -0.15) is 5.26 Å². The Morgan fingerprint density at radius 3 is 2.59 bits per heavy atom. The Hall–Kier alpha value is -3.53. The van der Waals surface area contributed by atoms with Crippen molar-refractivity contribution in [2.24, 2.45) is 0 Å². The number of benzene rings is 1. The number of methoxy groups -OCH3 is 1. The monoisotopic (exact) mass is 368 g/mol. The first-order valence-electron chi connectivity index (χ1n) is 8.18. The fourth-order valence-electron chi connectivity index (χ4n) is 2.71. The van der Waals surface area contributed by atoms with Gasteiger partial charge in [0, 0.05) is 6.54 Å². The summed E-state index contributed by atoms with van der Waals surface area (Å²) < 4.78 is 11.8. The molecule has 0 spiro atoms. The van der Waals surface area contributed by atoms with Gasteiger partial charge in [-0.05, 0) is 31.5 Å². The van der Waals surface area contributed by atoms with Crippen LogP contribution in [0, 0.1) is 18.3 Å². The standard InChI is InChI=1S/C20H20N2O5/c1-5-10-22-19(24)14(11-21)12(2)17(20(22)25)18(23)13(3)27-16-9-7-6-8-15(16)26-4/h5-9,13,25H,1,10H2,2-4H3. The average molecular weight is 368 g/mol. The molecule has 7 heteroatoms. The van der Waals surface area contributed by atoms with Crippen LogP contribution in [0.3, 0.4) is 0 Å². The van der Waals surface area contributed by atoms with Crippen LogP contribution in [-0.4, -0.2) is 28.7 Å². The van der Waals surface area contributed by atoms with Crippen molar-refractivity contribution in [3.8, 4) is 23.4 Å². The molecule has 1 aromatic heterocycles. The van der Waals surface area contributed by atoms with Gasteiger partial charge in [0.25, 0.3) is 5.56 Å². The number of ether oxygens (including phenoxy) is 2. The summed E-state index contributed by atoms with van der Waals surface area (Å²) >= 11 is 0. The first-order valence-corrected chi connectivity index (χ1v) is 8.18. The van der Waals surface area contributed by atoms with E-state index >= 15 is 0 Å². The van der Waals surface area contributed by atoms with Crippen molar-refractivity contribution in [3.05, 3.63) is 64.0 Å². The average Bonchev–Trinajstić information content (AvgIpc) is 2.65. The molecule has 1 atom stereocenters. The van der Waals surface area contributed by atoms with Crippen molar-refractivity contribution in [1.82, 2.24) is 4.57 Å². The number of hydrogen-bond acceptors (Lipinski definition) is 6. The van der Waals surface area contributed by atoms with E-state index in [0.717, 1.165) is 4.57 Å². The quantitative estimate of drug-likeness (QED) is 0.595. The summed E-state index contributed by atoms with van der Waals surface area (Å²) in [5, 5.41) is 19.8. The number of carbonyl (C=O) groups excluding carboxylic acids is 1. The van der Waals surface area contributed by atoms with Crippen LogP contribution in [0.15, 0.2) is 41.7 Å². The molecule has 27 heavy (non-hydrogen) atoms. The number of hydrogen-bond donors (Lipinski definition) is 1. The lowest BCUT2D eigenvalue weighted by atomic mass is 9.99. The van der Waals surface area contributed by atoms with Crippen LogP contribution in [0.4, 0.5) is 0 Å². The minimum Gasteiger partial charge on any atom is -0.494 e. The summed E-state index contributed by atoms with van der Waals surface area (Å²) in [5.74, 6) is -0.271. The number of ketones is 1. The first kappa shape index (κ1) is 19.8. The van der Waals surface area contributed by atoms with Crippen LogP contribution in [0.1, 0.15) is 28.4 Å². The van der Waals surface area contributed by atoms with Gasteiger partial charge < -0.3 is 14.6 Å². The Morgan fingerprint density at radius 2 is 2.04 bits per heavy atom. The highest BCUT2D eigenvalue weighted by molar-refractivity contribution is 6.03. The smallest absolute Gasteiger partial charge is 0.271 e. The number of allylic oxidation sites excluding steroid dienone is 1. The minimum absolute atomic E-state index is 0.0400. The maximum Gasteiger partial charge on any atom is 0.271 e. The maximum absolute atomic E-state index is 12.9. The van der Waals surface area contributed by atoms with Crippen molar-refractivity contribution >= 4 is 5.78 Å². The van der Waals surface area contributed by atoms with Gasteiger partial charge in [-0.25, -0.2) is 0 Å². The lowest BCUT2D eigenvalue weighted by Gasteiger charge is -2.19. The van der Waals surface area contributed by atoms with Crippen LogP contribution in [0.25, 0.3) is 0 Å². The van der Waals surface area contributed by atoms with E-state index < -0.39 is 23.3 Å². The normalized spacial score (nSPS) is 11.3. The van der Waals surface area contributed by atoms with Crippen LogP contribution >= 0.6 is 0 Å². The molecule has 1 heterocycles. The van der Waals surface area contributed by atoms with E-state index in [1.807, 2.05) is 0 Å². The number of carbonyl (C=O) groups is 1. The first-order chi connectivity index (χ1) is 12.9. The summed E-state index contributed by atoms with van der Waals surface area (Å²) in [6.45, 7) is 6.45. The predicted octanol–water partition coefficient (Wildman–Crippen LogP) is 2.58. The van der Waals surface area contributed by atoms with E-state index in [0.29, 0.717) is 11.5 Å². The molecule has 0 radical (unpaired) electrons. The fraction of sp³-hybridized carbons (Fsp3) is 0.250. The highest BCUT2D eigenvalue weighted by atomic mass is 16.5. The zero-order valence-electron chi connectivity index (χ0n) is 15.4. The van der Waals surface area contributed by atoms with Crippen LogP contribution < -0.4 is 15.0 Å². The van der Waals surface area contributed by atoms with Gasteiger partial charge in [0.05, 0.1) is 12.7 Å². The Bertz CT molecular complexity index is 985. The number of aromatic nitrogens is 1. The number of rotatable bonds is 7. The number of pyridine rings is 1. The van der Waals surface area contributed by atoms with E-state index in [1.165, 1.54) is 27.0 Å². The Morgan fingerprint density at radius 1 is 1.41 bits per heavy atom. The van der Waals surface area contributed by atoms with E-state index in [9.17, 15) is 20.0 Å². The van der Waals surface area contributed by atoms with Crippen molar-refractivity contribution in [2.75, 3.05) is 7.11 Å². The van der Waals surface area contributed by atoms with E-state index in [4.69, 9.17) is 9.47 Å². The van der Waals surface area contributed by atoms with E-state index in [-0.39, 0.29) is 23.2 Å². The topological polar surface area (TPSA) is 102 Å². The zero-order valence-corrected chi connectivity index (χ0v) is 15.4. The lowest BCUT2D eigenvalue weighted by Crippen LogP contribution is -2.30. The largest absolute Gasteiger partial charge is 0.494 e. The van der Waals surface area contributed by atoms with Crippen molar-refractivity contribution < 1.29 is 19.4 Å². The zero-order chi connectivity index (χ0) is 20.1. The molecule has 0 amide bonds. The molecule has 2 aromatic rings. The second kappa shape index (κ2) is 8.23. The van der Waals surface area contributed by atoms with E-state index in [2.05, 4.69) is 6.58 Å². The van der Waals surface area contributed by atoms with E-state index in [1.54, 1.807) is 30.3 Å². The summed E-state index contributed by atoms with van der Waals surface area (Å²) in [6, 6.07) is 8.63. The van der Waals surface area contributed by atoms with Gasteiger partial charge in [-0.3, -0.25) is 14.2 Å². The summed E-state index contributed by atoms with van der Waals surface area (Å²) in [6.07, 6.45) is 0.396. The Labute approximate surface area is 156 Å². The highest BCUT2D eigenvalue weighted by Gasteiger charge is 2.28. The Balaban J connectivity index is 2.52. The molecule has 2 rings (SSSR count). The molecule has 0 aliphatic carbocycles. The molecule has 0 saturated carbocycles. The van der Waals surface area contributed by atoms with Crippen LogP contribution in [0.2, 0.25) is 0 Å². The number of nitrogens with zero attached hydrogens (tertiary/aromatic N) is 2. The SMILES string of the molecule is C=CCn1c(O)c(C(=O)C(C)Oc2ccccc2OC)c(C)c(C#N)c1=O. The van der Waals surface area contributed by atoms with Gasteiger partial charge >= 0.3 is 0 Å². The third-order valence-electron chi connectivity index (χ3n) is 4.10. The van der Waals surface area contributed by atoms with Crippen molar-refractivity contribution in [3.63, 3.8) is 0 Å². The van der Waals surface area contributed by atoms with Crippen molar-refractivity contribution in [2.45, 2.75) is 26.5 Å². The molecule has 0 bridgehead atoms. The molecule has 0 aliphatic rings. The molecule has 0 saturated heterocycles. The second-order valence-corrected chi connectivity index (χ2v) is 5.79.